The number of anilines is 2. The van der Waals surface area contributed by atoms with Gasteiger partial charge in [0.1, 0.15) is 10.8 Å². The van der Waals surface area contributed by atoms with Crippen molar-refractivity contribution in [1.29, 1.82) is 0 Å². The van der Waals surface area contributed by atoms with E-state index in [9.17, 15) is 4.79 Å². The molecular weight excluding hydrogens is 438 g/mol. The molecule has 1 amide bonds. The molecule has 1 atom stereocenters. The molecule has 4 aromatic rings. The maximum atomic E-state index is 12.8. The lowest BCUT2D eigenvalue weighted by atomic mass is 9.96. The quantitative estimate of drug-likeness (QED) is 0.294. The summed E-state index contributed by atoms with van der Waals surface area (Å²) in [6, 6.07) is 17.6. The summed E-state index contributed by atoms with van der Waals surface area (Å²) in [5.74, 6) is 0.812. The minimum atomic E-state index is -0.261. The Morgan fingerprint density at radius 1 is 1.06 bits per heavy atom. The second kappa shape index (κ2) is 9.63. The van der Waals surface area contributed by atoms with Gasteiger partial charge in [0.25, 0.3) is 5.91 Å². The second-order valence-corrected chi connectivity index (χ2v) is 9.58. The maximum Gasteiger partial charge on any atom is 0.291 e. The molecule has 7 heteroatoms. The number of hydrogen-bond donors (Lipinski definition) is 2. The van der Waals surface area contributed by atoms with Crippen LogP contribution in [0.4, 0.5) is 10.8 Å². The molecule has 2 N–H and O–H groups in total. The lowest BCUT2D eigenvalue weighted by Gasteiger charge is -2.23. The monoisotopic (exact) mass is 463 g/mol. The highest BCUT2D eigenvalue weighted by atomic mass is 32.2. The summed E-state index contributed by atoms with van der Waals surface area (Å²) in [7, 11) is 0. The molecule has 0 radical (unpaired) electrons. The number of pyridine rings is 1. The van der Waals surface area contributed by atoms with Crippen LogP contribution in [0.2, 0.25) is 0 Å². The zero-order valence-electron chi connectivity index (χ0n) is 18.4. The Kier molecular flexibility index (Phi) is 6.67. The van der Waals surface area contributed by atoms with Gasteiger partial charge in [-0.15, -0.1) is 23.1 Å². The summed E-state index contributed by atoms with van der Waals surface area (Å²) >= 11 is 3.28. The van der Waals surface area contributed by atoms with E-state index in [0.29, 0.717) is 0 Å². The molecule has 3 aromatic heterocycles. The molecule has 3 heterocycles. The summed E-state index contributed by atoms with van der Waals surface area (Å²) < 4.78 is 5.29. The van der Waals surface area contributed by atoms with Crippen LogP contribution < -0.4 is 10.6 Å². The predicted molar refractivity (Wildman–Crippen MR) is 133 cm³/mol. The predicted octanol–water partition coefficient (Wildman–Crippen LogP) is 6.84. The van der Waals surface area contributed by atoms with Crippen LogP contribution >= 0.6 is 23.1 Å². The van der Waals surface area contributed by atoms with E-state index in [2.05, 4.69) is 60.0 Å². The van der Waals surface area contributed by atoms with Gasteiger partial charge >= 0.3 is 0 Å². The van der Waals surface area contributed by atoms with Crippen molar-refractivity contribution in [2.75, 3.05) is 16.9 Å². The third-order valence-electron chi connectivity index (χ3n) is 5.32. The smallest absolute Gasteiger partial charge is 0.291 e. The SMILES string of the molecule is CSc1ccc([C@H](Nc2cccc(C)n2)c2c(NC(=O)c3ccco3)sc(C)c2C)cc1. The molecule has 0 aliphatic heterocycles. The Morgan fingerprint density at radius 3 is 2.50 bits per heavy atom. The van der Waals surface area contributed by atoms with Gasteiger partial charge in [0.05, 0.1) is 12.3 Å². The highest BCUT2D eigenvalue weighted by Gasteiger charge is 2.25. The van der Waals surface area contributed by atoms with E-state index in [-0.39, 0.29) is 17.7 Å². The molecule has 164 valence electrons. The fourth-order valence-electron chi connectivity index (χ4n) is 3.55. The average Bonchev–Trinajstić information content (AvgIpc) is 3.42. The number of carbonyl (C=O) groups is 1. The van der Waals surface area contributed by atoms with Crippen molar-refractivity contribution in [3.05, 3.63) is 93.9 Å². The molecule has 5 nitrogen and oxygen atoms in total. The first-order chi connectivity index (χ1) is 15.5. The number of nitrogens with zero attached hydrogens (tertiary/aromatic N) is 1. The van der Waals surface area contributed by atoms with E-state index in [1.807, 2.05) is 25.1 Å². The topological polar surface area (TPSA) is 67.2 Å². The zero-order valence-corrected chi connectivity index (χ0v) is 20.1. The number of aryl methyl sites for hydroxylation is 2. The molecule has 0 saturated carbocycles. The third kappa shape index (κ3) is 4.74. The van der Waals surface area contributed by atoms with Crippen molar-refractivity contribution in [3.8, 4) is 0 Å². The molecule has 0 unspecified atom stereocenters. The van der Waals surface area contributed by atoms with Gasteiger partial charge in [0, 0.05) is 21.0 Å². The van der Waals surface area contributed by atoms with Crippen LogP contribution in [0.15, 0.2) is 70.2 Å². The van der Waals surface area contributed by atoms with Crippen molar-refractivity contribution in [1.82, 2.24) is 4.98 Å². The summed E-state index contributed by atoms with van der Waals surface area (Å²) in [4.78, 5) is 19.8. The number of thioether (sulfide) groups is 1. The van der Waals surface area contributed by atoms with Crippen LogP contribution in [0.5, 0.6) is 0 Å². The zero-order chi connectivity index (χ0) is 22.7. The van der Waals surface area contributed by atoms with Crippen molar-refractivity contribution in [2.45, 2.75) is 31.7 Å². The number of benzene rings is 1. The Labute approximate surface area is 196 Å². The number of aromatic nitrogens is 1. The number of thiophene rings is 1. The number of furan rings is 1. The molecule has 0 aliphatic carbocycles. The second-order valence-electron chi connectivity index (χ2n) is 7.47. The first-order valence-electron chi connectivity index (χ1n) is 10.2. The summed E-state index contributed by atoms with van der Waals surface area (Å²) in [5.41, 5.74) is 4.22. The third-order valence-corrected chi connectivity index (χ3v) is 7.20. The van der Waals surface area contributed by atoms with Gasteiger partial charge in [-0.1, -0.05) is 18.2 Å². The minimum Gasteiger partial charge on any atom is -0.459 e. The van der Waals surface area contributed by atoms with Crippen LogP contribution in [0, 0.1) is 20.8 Å². The molecule has 0 aliphatic rings. The van der Waals surface area contributed by atoms with Crippen molar-refractivity contribution in [2.24, 2.45) is 0 Å². The van der Waals surface area contributed by atoms with Gasteiger partial charge in [-0.05, 0) is 74.6 Å². The normalized spacial score (nSPS) is 11.9. The van der Waals surface area contributed by atoms with Crippen molar-refractivity contribution >= 4 is 39.8 Å². The molecule has 1 aromatic carbocycles. The average molecular weight is 464 g/mol. The van der Waals surface area contributed by atoms with E-state index >= 15 is 0 Å². The number of hydrogen-bond acceptors (Lipinski definition) is 6. The van der Waals surface area contributed by atoms with Gasteiger partial charge in [0.15, 0.2) is 5.76 Å². The van der Waals surface area contributed by atoms with Gasteiger partial charge < -0.3 is 15.1 Å². The summed E-state index contributed by atoms with van der Waals surface area (Å²) in [6.45, 7) is 6.14. The van der Waals surface area contributed by atoms with Crippen LogP contribution in [-0.2, 0) is 0 Å². The Balaban J connectivity index is 1.78. The molecule has 4 rings (SSSR count). The largest absolute Gasteiger partial charge is 0.459 e. The van der Waals surface area contributed by atoms with E-state index in [1.54, 1.807) is 35.2 Å². The summed E-state index contributed by atoms with van der Waals surface area (Å²) in [5, 5.41) is 7.48. The Bertz CT molecular complexity index is 1210. The molecule has 32 heavy (non-hydrogen) atoms. The Morgan fingerprint density at radius 2 is 1.84 bits per heavy atom. The van der Waals surface area contributed by atoms with Crippen molar-refractivity contribution in [3.63, 3.8) is 0 Å². The molecule has 0 spiro atoms. The van der Waals surface area contributed by atoms with Gasteiger partial charge in [-0.25, -0.2) is 4.98 Å². The molecule has 0 bridgehead atoms. The van der Waals surface area contributed by atoms with Crippen molar-refractivity contribution < 1.29 is 9.21 Å². The first kappa shape index (κ1) is 22.2. The number of rotatable bonds is 7. The van der Waals surface area contributed by atoms with E-state index in [4.69, 9.17) is 4.42 Å². The fraction of sp³-hybridized carbons (Fsp3) is 0.200. The van der Waals surface area contributed by atoms with Gasteiger partial charge in [-0.2, -0.15) is 0 Å². The number of amides is 1. The molecular formula is C25H25N3O2S2. The number of nitrogens with one attached hydrogen (secondary N) is 2. The van der Waals surface area contributed by atoms with E-state index < -0.39 is 0 Å². The molecule has 0 fully saturated rings. The van der Waals surface area contributed by atoms with Crippen LogP contribution in [0.1, 0.15) is 43.9 Å². The molecule has 0 saturated heterocycles. The van der Waals surface area contributed by atoms with Gasteiger partial charge in [0.2, 0.25) is 0 Å². The number of carbonyl (C=O) groups excluding carboxylic acids is 1. The lowest BCUT2D eigenvalue weighted by Crippen LogP contribution is -2.18. The van der Waals surface area contributed by atoms with Crippen LogP contribution in [-0.4, -0.2) is 17.1 Å². The van der Waals surface area contributed by atoms with Gasteiger partial charge in [-0.3, -0.25) is 4.79 Å². The van der Waals surface area contributed by atoms with Crippen LogP contribution in [0.3, 0.4) is 0 Å². The first-order valence-corrected chi connectivity index (χ1v) is 12.3. The minimum absolute atomic E-state index is 0.183. The maximum absolute atomic E-state index is 12.8. The van der Waals surface area contributed by atoms with Crippen LogP contribution in [0.25, 0.3) is 0 Å². The summed E-state index contributed by atoms with van der Waals surface area (Å²) in [6.07, 6.45) is 3.57. The standard InChI is InChI=1S/C25H25N3O2S2/c1-15-7-5-9-21(26-15)27-23(18-10-12-19(31-4)13-11-18)22-16(2)17(3)32-25(22)28-24(29)20-8-6-14-30-20/h5-14,23H,1-4H3,(H,26,27)(H,28,29)/t23-/m0/s1. The van der Waals surface area contributed by atoms with E-state index in [0.717, 1.165) is 38.1 Å². The van der Waals surface area contributed by atoms with E-state index in [1.165, 1.54) is 11.2 Å². The highest BCUT2D eigenvalue weighted by molar-refractivity contribution is 7.98. The Hall–Kier alpha value is -3.03. The lowest BCUT2D eigenvalue weighted by molar-refractivity contribution is 0.0997. The highest BCUT2D eigenvalue weighted by Crippen LogP contribution is 2.41. The fourth-order valence-corrected chi connectivity index (χ4v) is 5.05.